The Labute approximate surface area is 187 Å². The van der Waals surface area contributed by atoms with E-state index in [1.165, 1.54) is 11.3 Å². The number of hydrogen-bond donors (Lipinski definition) is 2. The van der Waals surface area contributed by atoms with E-state index in [-0.39, 0.29) is 12.3 Å². The van der Waals surface area contributed by atoms with Gasteiger partial charge in [0.1, 0.15) is 10.8 Å². The molecule has 8 heteroatoms. The van der Waals surface area contributed by atoms with E-state index >= 15 is 0 Å². The number of fused-ring (bicyclic) bond motifs is 1. The van der Waals surface area contributed by atoms with Crippen LogP contribution < -0.4 is 10.8 Å². The maximum Gasteiger partial charge on any atom is 0.303 e. The first-order valence-corrected chi connectivity index (χ1v) is 11.3. The van der Waals surface area contributed by atoms with Crippen LogP contribution in [-0.2, 0) is 11.3 Å². The molecule has 0 atom stereocenters. The molecule has 0 unspecified atom stereocenters. The van der Waals surface area contributed by atoms with Gasteiger partial charge in [-0.1, -0.05) is 12.8 Å². The molecule has 2 N–H and O–H groups in total. The number of rotatable bonds is 8. The van der Waals surface area contributed by atoms with Crippen molar-refractivity contribution >= 4 is 41.7 Å². The summed E-state index contributed by atoms with van der Waals surface area (Å²) in [5.41, 5.74) is 2.46. The van der Waals surface area contributed by atoms with Crippen LogP contribution in [0.2, 0.25) is 0 Å². The number of furan rings is 1. The smallest absolute Gasteiger partial charge is 0.303 e. The predicted molar refractivity (Wildman–Crippen MR) is 122 cm³/mol. The van der Waals surface area contributed by atoms with Gasteiger partial charge in [-0.2, -0.15) is 0 Å². The standard InChI is InChI=1S/C23H22N2O4S2/c26-21(27)5-3-1-2-4-12-25-22(28)20(31-23(25)30)14-17-7-9-19(29-17)16-6-8-18-15(13-16)10-11-24-18/h6-11,13-14,28H,1-5,12H2,(H,26,27). The zero-order valence-electron chi connectivity index (χ0n) is 16.8. The van der Waals surface area contributed by atoms with Gasteiger partial charge in [0.05, 0.1) is 10.2 Å². The molecule has 0 aliphatic carbocycles. The molecule has 1 aromatic carbocycles. The van der Waals surface area contributed by atoms with Crippen molar-refractivity contribution in [2.24, 2.45) is 4.99 Å². The summed E-state index contributed by atoms with van der Waals surface area (Å²) in [6.07, 6.45) is 9.00. The van der Waals surface area contributed by atoms with Crippen molar-refractivity contribution in [3.8, 4) is 5.88 Å². The number of carboxylic acid groups (broad SMARTS) is 1. The van der Waals surface area contributed by atoms with E-state index in [1.807, 2.05) is 36.4 Å². The number of carboxylic acids is 1. The van der Waals surface area contributed by atoms with Crippen molar-refractivity contribution in [3.05, 3.63) is 72.3 Å². The SMILES string of the molecule is O=C(O)CCCCCCn1c(O)c(C=c2ccc(=c3ccc4c(c3)C=CN=4)o2)sc1=S. The van der Waals surface area contributed by atoms with Crippen LogP contribution >= 0.6 is 23.6 Å². The topological polar surface area (TPSA) is 88.0 Å². The summed E-state index contributed by atoms with van der Waals surface area (Å²) >= 11 is 6.76. The van der Waals surface area contributed by atoms with E-state index in [1.54, 1.807) is 16.8 Å². The van der Waals surface area contributed by atoms with E-state index in [4.69, 9.17) is 21.7 Å². The van der Waals surface area contributed by atoms with Crippen molar-refractivity contribution in [2.75, 3.05) is 0 Å². The lowest BCUT2D eigenvalue weighted by Gasteiger charge is -2.04. The van der Waals surface area contributed by atoms with Gasteiger partial charge in [-0.25, -0.2) is 0 Å². The number of benzene rings is 1. The Morgan fingerprint density at radius 2 is 2.03 bits per heavy atom. The summed E-state index contributed by atoms with van der Waals surface area (Å²) in [6.45, 7) is 0.610. The highest BCUT2D eigenvalue weighted by molar-refractivity contribution is 7.73. The zero-order chi connectivity index (χ0) is 21.8. The summed E-state index contributed by atoms with van der Waals surface area (Å²) in [6, 6.07) is 9.77. The highest BCUT2D eigenvalue weighted by atomic mass is 32.1. The minimum absolute atomic E-state index is 0.141. The van der Waals surface area contributed by atoms with Gasteiger partial charge in [-0.3, -0.25) is 14.4 Å². The molecule has 3 heterocycles. The molecule has 31 heavy (non-hydrogen) atoms. The number of hydrogen-bond acceptors (Lipinski definition) is 6. The van der Waals surface area contributed by atoms with Crippen LogP contribution in [0.1, 0.15) is 42.5 Å². The first-order chi connectivity index (χ1) is 15.0. The lowest BCUT2D eigenvalue weighted by molar-refractivity contribution is -0.137. The molecule has 0 saturated heterocycles. The molecule has 0 fully saturated rings. The number of carbonyl (C=O) groups is 1. The fourth-order valence-electron chi connectivity index (χ4n) is 3.48. The maximum atomic E-state index is 10.6. The van der Waals surface area contributed by atoms with E-state index in [9.17, 15) is 9.90 Å². The third-order valence-electron chi connectivity index (χ3n) is 5.10. The molecule has 0 radical (unpaired) electrons. The fourth-order valence-corrected chi connectivity index (χ4v) is 4.78. The Kier molecular flexibility index (Phi) is 6.48. The average Bonchev–Trinajstić information content (AvgIpc) is 3.45. The molecule has 2 aromatic heterocycles. The second-order valence-corrected chi connectivity index (χ2v) is 9.01. The Bertz CT molecular complexity index is 1410. The highest BCUT2D eigenvalue weighted by Gasteiger charge is 2.10. The van der Waals surface area contributed by atoms with Crippen molar-refractivity contribution in [1.82, 2.24) is 4.57 Å². The van der Waals surface area contributed by atoms with Crippen LogP contribution in [0.25, 0.3) is 12.2 Å². The molecule has 160 valence electrons. The summed E-state index contributed by atoms with van der Waals surface area (Å²) in [5.74, 6) is -0.620. The molecule has 0 amide bonds. The van der Waals surface area contributed by atoms with Gasteiger partial charge in [0.2, 0.25) is 5.88 Å². The highest BCUT2D eigenvalue weighted by Crippen LogP contribution is 2.27. The van der Waals surface area contributed by atoms with Gasteiger partial charge in [-0.05, 0) is 61.5 Å². The van der Waals surface area contributed by atoms with Crippen molar-refractivity contribution in [3.63, 3.8) is 0 Å². The molecule has 0 saturated carbocycles. The van der Waals surface area contributed by atoms with Crippen LogP contribution in [-0.4, -0.2) is 20.7 Å². The number of unbranched alkanes of at least 4 members (excludes halogenated alkanes) is 3. The van der Waals surface area contributed by atoms with E-state index in [2.05, 4.69) is 4.99 Å². The lowest BCUT2D eigenvalue weighted by atomic mass is 10.1. The molecule has 4 rings (SSSR count). The summed E-state index contributed by atoms with van der Waals surface area (Å²) in [5, 5.41) is 21.2. The van der Waals surface area contributed by atoms with E-state index in [0.29, 0.717) is 27.2 Å². The third-order valence-corrected chi connectivity index (χ3v) is 6.48. The van der Waals surface area contributed by atoms with Gasteiger partial charge in [0, 0.05) is 36.0 Å². The molecule has 0 spiro atoms. The van der Waals surface area contributed by atoms with Gasteiger partial charge in [-0.15, -0.1) is 11.3 Å². The third kappa shape index (κ3) is 5.03. The predicted octanol–water partition coefficient (Wildman–Crippen LogP) is 4.33. The summed E-state index contributed by atoms with van der Waals surface area (Å²) < 4.78 is 8.31. The summed E-state index contributed by atoms with van der Waals surface area (Å²) in [7, 11) is 0. The molecule has 6 nitrogen and oxygen atoms in total. The second-order valence-electron chi connectivity index (χ2n) is 7.33. The maximum absolute atomic E-state index is 10.6. The number of thiazole rings is 1. The van der Waals surface area contributed by atoms with Crippen LogP contribution in [0, 0.1) is 14.6 Å². The number of nitrogens with zero attached hydrogens (tertiary/aromatic N) is 2. The van der Waals surface area contributed by atoms with E-state index in [0.717, 1.165) is 40.8 Å². The Hall–Kier alpha value is -2.97. The quantitative estimate of drug-likeness (QED) is 0.391. The minimum atomic E-state index is -0.762. The Morgan fingerprint density at radius 1 is 1.19 bits per heavy atom. The first kappa shape index (κ1) is 21.3. The molecular formula is C23H22N2O4S2. The van der Waals surface area contributed by atoms with Crippen molar-refractivity contribution < 1.29 is 19.4 Å². The van der Waals surface area contributed by atoms with Gasteiger partial charge >= 0.3 is 5.97 Å². The van der Waals surface area contributed by atoms with Crippen LogP contribution in [0.15, 0.2) is 45.9 Å². The first-order valence-electron chi connectivity index (χ1n) is 10.1. The van der Waals surface area contributed by atoms with Crippen LogP contribution in [0.5, 0.6) is 5.88 Å². The number of aliphatic carboxylic acids is 1. The van der Waals surface area contributed by atoms with Crippen molar-refractivity contribution in [2.45, 2.75) is 38.6 Å². The van der Waals surface area contributed by atoms with Gasteiger partial charge < -0.3 is 14.6 Å². The average molecular weight is 455 g/mol. The molecule has 3 aromatic rings. The molecular weight excluding hydrogens is 432 g/mol. The lowest BCUT2D eigenvalue weighted by Crippen LogP contribution is -2.00. The minimum Gasteiger partial charge on any atom is -0.493 e. The summed E-state index contributed by atoms with van der Waals surface area (Å²) in [4.78, 5) is 15.5. The Balaban J connectivity index is 1.52. The molecule has 0 bridgehead atoms. The Morgan fingerprint density at radius 3 is 2.87 bits per heavy atom. The molecule has 1 aliphatic heterocycles. The van der Waals surface area contributed by atoms with Crippen molar-refractivity contribution in [1.29, 1.82) is 0 Å². The van der Waals surface area contributed by atoms with Crippen LogP contribution in [0.3, 0.4) is 0 Å². The van der Waals surface area contributed by atoms with Gasteiger partial charge in [0.25, 0.3) is 0 Å². The zero-order valence-corrected chi connectivity index (χ0v) is 18.4. The normalized spacial score (nSPS) is 14.0. The van der Waals surface area contributed by atoms with Gasteiger partial charge in [0.15, 0.2) is 3.95 Å². The van der Waals surface area contributed by atoms with Crippen LogP contribution in [0.4, 0.5) is 0 Å². The largest absolute Gasteiger partial charge is 0.493 e. The number of aromatic nitrogens is 1. The number of aromatic hydroxyl groups is 1. The molecule has 1 aliphatic rings. The van der Waals surface area contributed by atoms with E-state index < -0.39 is 5.97 Å². The second kappa shape index (κ2) is 9.45. The monoisotopic (exact) mass is 454 g/mol. The fraction of sp³-hybridized carbons (Fsp3) is 0.261.